The minimum atomic E-state index is -3.02. The van der Waals surface area contributed by atoms with Crippen molar-refractivity contribution in [2.75, 3.05) is 24.7 Å². The molecule has 3 nitrogen and oxygen atoms in total. The van der Waals surface area contributed by atoms with Gasteiger partial charge in [-0.05, 0) is 31.6 Å². The largest absolute Gasteiger partial charge is 0.214 e. The quantitative estimate of drug-likeness (QED) is 0.532. The number of nitrogens with zero attached hydrogens (tertiary/aromatic N) is 1. The number of halogens is 1. The maximum atomic E-state index is 12.0. The molecule has 0 N–H and O–H groups in total. The fraction of sp³-hybridized carbons (Fsp3) is 1.00. The van der Waals surface area contributed by atoms with E-state index in [1.54, 1.807) is 4.31 Å². The highest BCUT2D eigenvalue weighted by Crippen LogP contribution is 2.23. The van der Waals surface area contributed by atoms with Crippen LogP contribution in [0.2, 0.25) is 0 Å². The Hall–Kier alpha value is 0.200. The van der Waals surface area contributed by atoms with Gasteiger partial charge in [0.25, 0.3) is 0 Å². The highest BCUT2D eigenvalue weighted by Gasteiger charge is 2.26. The minimum Gasteiger partial charge on any atom is -0.212 e. The second-order valence-electron chi connectivity index (χ2n) is 4.84. The summed E-state index contributed by atoms with van der Waals surface area (Å²) in [6, 6.07) is 0. The Morgan fingerprint density at radius 3 is 2.41 bits per heavy atom. The highest BCUT2D eigenvalue weighted by molar-refractivity contribution is 7.89. The fourth-order valence-corrected chi connectivity index (χ4v) is 4.18. The molecule has 0 aromatic heterocycles. The monoisotopic (exact) mass is 281 g/mol. The van der Waals surface area contributed by atoms with Crippen molar-refractivity contribution in [3.05, 3.63) is 0 Å². The van der Waals surface area contributed by atoms with E-state index in [-0.39, 0.29) is 5.75 Å². The average molecular weight is 282 g/mol. The minimum absolute atomic E-state index is 0.262. The molecule has 0 aromatic carbocycles. The molecule has 0 bridgehead atoms. The summed E-state index contributed by atoms with van der Waals surface area (Å²) in [7, 11) is -3.02. The van der Waals surface area contributed by atoms with Crippen LogP contribution in [0.1, 0.15) is 45.4 Å². The molecule has 17 heavy (non-hydrogen) atoms. The number of alkyl halides is 1. The molecule has 102 valence electrons. The summed E-state index contributed by atoms with van der Waals surface area (Å²) in [6.07, 6.45) is 5.96. The molecule has 0 saturated carbocycles. The van der Waals surface area contributed by atoms with Gasteiger partial charge in [0, 0.05) is 19.0 Å². The molecule has 0 unspecified atom stereocenters. The van der Waals surface area contributed by atoms with Crippen LogP contribution in [0.3, 0.4) is 0 Å². The van der Waals surface area contributed by atoms with Crippen molar-refractivity contribution in [3.8, 4) is 0 Å². The molecule has 1 heterocycles. The second-order valence-corrected chi connectivity index (χ2v) is 7.31. The van der Waals surface area contributed by atoms with E-state index >= 15 is 0 Å². The first-order chi connectivity index (χ1) is 8.10. The van der Waals surface area contributed by atoms with E-state index in [9.17, 15) is 8.42 Å². The van der Waals surface area contributed by atoms with Crippen molar-refractivity contribution in [1.29, 1.82) is 0 Å². The first kappa shape index (κ1) is 15.3. The van der Waals surface area contributed by atoms with E-state index in [1.165, 1.54) is 12.8 Å². The third-order valence-electron chi connectivity index (χ3n) is 3.45. The molecule has 1 saturated heterocycles. The Labute approximate surface area is 111 Å². The van der Waals surface area contributed by atoms with Gasteiger partial charge in [-0.25, -0.2) is 12.7 Å². The molecule has 0 aliphatic carbocycles. The summed E-state index contributed by atoms with van der Waals surface area (Å²) in [5, 5.41) is 0. The van der Waals surface area contributed by atoms with E-state index in [1.807, 2.05) is 0 Å². The van der Waals surface area contributed by atoms with Crippen molar-refractivity contribution < 1.29 is 8.42 Å². The van der Waals surface area contributed by atoms with Crippen LogP contribution in [-0.2, 0) is 10.0 Å². The van der Waals surface area contributed by atoms with Crippen LogP contribution in [0.25, 0.3) is 0 Å². The van der Waals surface area contributed by atoms with Gasteiger partial charge in [-0.1, -0.05) is 19.8 Å². The molecule has 0 spiro atoms. The predicted molar refractivity (Wildman–Crippen MR) is 72.9 cm³/mol. The lowest BCUT2D eigenvalue weighted by molar-refractivity contribution is 0.262. The molecule has 0 amide bonds. The maximum absolute atomic E-state index is 12.0. The Balaban J connectivity index is 2.36. The lowest BCUT2D eigenvalue weighted by Crippen LogP contribution is -2.39. The van der Waals surface area contributed by atoms with E-state index in [0.717, 1.165) is 25.2 Å². The first-order valence-electron chi connectivity index (χ1n) is 6.64. The smallest absolute Gasteiger partial charge is 0.212 e. The third kappa shape index (κ3) is 5.14. The molecule has 0 aromatic rings. The molecular weight excluding hydrogens is 258 g/mol. The lowest BCUT2D eigenvalue weighted by Gasteiger charge is -2.31. The molecule has 0 atom stereocenters. The number of sulfonamides is 1. The number of piperidine rings is 1. The zero-order chi connectivity index (χ0) is 12.7. The Bertz CT molecular complexity index is 298. The summed E-state index contributed by atoms with van der Waals surface area (Å²) < 4.78 is 25.7. The van der Waals surface area contributed by atoms with Crippen LogP contribution in [0.4, 0.5) is 0 Å². The van der Waals surface area contributed by atoms with Crippen molar-refractivity contribution in [1.82, 2.24) is 4.31 Å². The van der Waals surface area contributed by atoms with Gasteiger partial charge in [0.15, 0.2) is 0 Å². The fourth-order valence-electron chi connectivity index (χ4n) is 2.39. The Morgan fingerprint density at radius 2 is 1.88 bits per heavy atom. The van der Waals surface area contributed by atoms with Gasteiger partial charge in [0.1, 0.15) is 0 Å². The normalized spacial score (nSPS) is 19.6. The summed E-state index contributed by atoms with van der Waals surface area (Å²) in [5.41, 5.74) is 0. The van der Waals surface area contributed by atoms with E-state index in [0.29, 0.717) is 25.4 Å². The summed E-state index contributed by atoms with van der Waals surface area (Å²) in [6.45, 7) is 3.62. The zero-order valence-corrected chi connectivity index (χ0v) is 12.3. The number of hydrogen-bond acceptors (Lipinski definition) is 2. The Morgan fingerprint density at radius 1 is 1.24 bits per heavy atom. The molecule has 1 fully saturated rings. The van der Waals surface area contributed by atoms with Gasteiger partial charge < -0.3 is 0 Å². The van der Waals surface area contributed by atoms with Crippen molar-refractivity contribution in [2.45, 2.75) is 45.4 Å². The SMILES string of the molecule is CCCC1CCN(S(=O)(=O)CCCCCl)CC1. The van der Waals surface area contributed by atoms with Crippen LogP contribution >= 0.6 is 11.6 Å². The van der Waals surface area contributed by atoms with Gasteiger partial charge in [0.2, 0.25) is 10.0 Å². The zero-order valence-electron chi connectivity index (χ0n) is 10.7. The van der Waals surface area contributed by atoms with Crippen LogP contribution in [-0.4, -0.2) is 37.4 Å². The second kappa shape index (κ2) is 7.59. The maximum Gasteiger partial charge on any atom is 0.214 e. The van der Waals surface area contributed by atoms with Crippen LogP contribution in [0.15, 0.2) is 0 Å². The van der Waals surface area contributed by atoms with E-state index < -0.39 is 10.0 Å². The van der Waals surface area contributed by atoms with Crippen LogP contribution in [0, 0.1) is 5.92 Å². The first-order valence-corrected chi connectivity index (χ1v) is 8.78. The van der Waals surface area contributed by atoms with Gasteiger partial charge in [-0.2, -0.15) is 0 Å². The molecule has 5 heteroatoms. The number of rotatable bonds is 7. The molecule has 1 aliphatic heterocycles. The van der Waals surface area contributed by atoms with Gasteiger partial charge in [0.05, 0.1) is 5.75 Å². The van der Waals surface area contributed by atoms with Crippen molar-refractivity contribution in [2.24, 2.45) is 5.92 Å². The van der Waals surface area contributed by atoms with E-state index in [4.69, 9.17) is 11.6 Å². The summed E-state index contributed by atoms with van der Waals surface area (Å²) in [5.74, 6) is 1.54. The lowest BCUT2D eigenvalue weighted by atomic mass is 9.94. The van der Waals surface area contributed by atoms with Crippen molar-refractivity contribution in [3.63, 3.8) is 0 Å². The third-order valence-corrected chi connectivity index (χ3v) is 5.67. The highest BCUT2D eigenvalue weighted by atomic mass is 35.5. The van der Waals surface area contributed by atoms with Gasteiger partial charge in [-0.3, -0.25) is 0 Å². The summed E-state index contributed by atoms with van der Waals surface area (Å²) >= 11 is 5.56. The molecule has 1 rings (SSSR count). The van der Waals surface area contributed by atoms with Gasteiger partial charge >= 0.3 is 0 Å². The number of hydrogen-bond donors (Lipinski definition) is 0. The molecule has 0 radical (unpaired) electrons. The van der Waals surface area contributed by atoms with Crippen LogP contribution in [0.5, 0.6) is 0 Å². The van der Waals surface area contributed by atoms with Crippen LogP contribution < -0.4 is 0 Å². The molecule has 1 aliphatic rings. The number of unbranched alkanes of at least 4 members (excludes halogenated alkanes) is 1. The average Bonchev–Trinajstić information content (AvgIpc) is 2.30. The van der Waals surface area contributed by atoms with E-state index in [2.05, 4.69) is 6.92 Å². The summed E-state index contributed by atoms with van der Waals surface area (Å²) in [4.78, 5) is 0. The van der Waals surface area contributed by atoms with Crippen molar-refractivity contribution >= 4 is 21.6 Å². The van der Waals surface area contributed by atoms with Gasteiger partial charge in [-0.15, -0.1) is 11.6 Å². The standard InChI is InChI=1S/C12H24ClNO2S/c1-2-5-12-6-9-14(10-7-12)17(15,16)11-4-3-8-13/h12H,2-11H2,1H3. The Kier molecular flexibility index (Phi) is 6.82. The molecular formula is C12H24ClNO2S. The topological polar surface area (TPSA) is 37.4 Å². The predicted octanol–water partition coefficient (Wildman–Crippen LogP) is 2.85.